The number of methoxy groups -OCH3 is 2. The number of esters is 1. The molecule has 1 unspecified atom stereocenters. The predicted octanol–water partition coefficient (Wildman–Crippen LogP) is 4.43. The van der Waals surface area contributed by atoms with Crippen LogP contribution in [0.15, 0.2) is 53.7 Å². The third-order valence-electron chi connectivity index (χ3n) is 5.57. The molecule has 8 nitrogen and oxygen atoms in total. The van der Waals surface area contributed by atoms with E-state index in [0.717, 1.165) is 11.3 Å². The van der Waals surface area contributed by atoms with Crippen molar-refractivity contribution in [1.29, 1.82) is 0 Å². The molecule has 1 amide bonds. The van der Waals surface area contributed by atoms with E-state index in [9.17, 15) is 9.59 Å². The number of rotatable bonds is 8. The monoisotopic (exact) mass is 497 g/mol. The fourth-order valence-corrected chi connectivity index (χ4v) is 4.28. The standard InChI is InChI=1S/C26H31N3O5S/c1-7-29-16(4)22(25(31)34-15(2)3)23(28-26(29)35)17-9-8-10-19(11-17)27-24(30)18-12-20(32-5)14-21(13-18)33-6/h8-15,23H,7H2,1-6H3,(H,27,30)(H,28,35). The Kier molecular flexibility index (Phi) is 8.34. The van der Waals surface area contributed by atoms with Crippen LogP contribution in [0.3, 0.4) is 0 Å². The summed E-state index contributed by atoms with van der Waals surface area (Å²) in [6, 6.07) is 11.7. The Bertz CT molecular complexity index is 1140. The van der Waals surface area contributed by atoms with Gasteiger partial charge in [0.15, 0.2) is 5.11 Å². The van der Waals surface area contributed by atoms with E-state index in [1.807, 2.05) is 50.8 Å². The van der Waals surface area contributed by atoms with Gasteiger partial charge in [0.05, 0.1) is 31.9 Å². The van der Waals surface area contributed by atoms with Gasteiger partial charge in [0.2, 0.25) is 0 Å². The third kappa shape index (κ3) is 5.92. The van der Waals surface area contributed by atoms with Gasteiger partial charge in [-0.15, -0.1) is 0 Å². The van der Waals surface area contributed by atoms with Crippen LogP contribution in [-0.4, -0.2) is 48.8 Å². The van der Waals surface area contributed by atoms with Gasteiger partial charge in [-0.25, -0.2) is 4.79 Å². The molecular weight excluding hydrogens is 466 g/mol. The highest BCUT2D eigenvalue weighted by Gasteiger charge is 2.34. The number of anilines is 1. The second-order valence-corrected chi connectivity index (χ2v) is 8.65. The number of nitrogens with zero attached hydrogens (tertiary/aromatic N) is 1. The van der Waals surface area contributed by atoms with Gasteiger partial charge in [0.1, 0.15) is 11.5 Å². The summed E-state index contributed by atoms with van der Waals surface area (Å²) in [4.78, 5) is 27.9. The van der Waals surface area contributed by atoms with Gasteiger partial charge in [-0.3, -0.25) is 4.79 Å². The lowest BCUT2D eigenvalue weighted by atomic mass is 9.94. The van der Waals surface area contributed by atoms with Crippen molar-refractivity contribution < 1.29 is 23.8 Å². The quantitative estimate of drug-likeness (QED) is 0.409. The van der Waals surface area contributed by atoms with Crippen LogP contribution < -0.4 is 20.1 Å². The second-order valence-electron chi connectivity index (χ2n) is 8.26. The fourth-order valence-electron chi connectivity index (χ4n) is 3.89. The molecule has 0 aromatic heterocycles. The summed E-state index contributed by atoms with van der Waals surface area (Å²) in [6.45, 7) is 8.06. The molecular formula is C26H31N3O5S. The number of hydrogen-bond acceptors (Lipinski definition) is 6. The maximum absolute atomic E-state index is 13.1. The maximum atomic E-state index is 13.1. The van der Waals surface area contributed by atoms with E-state index in [4.69, 9.17) is 26.4 Å². The van der Waals surface area contributed by atoms with E-state index in [-0.39, 0.29) is 12.0 Å². The van der Waals surface area contributed by atoms with E-state index < -0.39 is 12.0 Å². The highest BCUT2D eigenvalue weighted by atomic mass is 32.1. The minimum absolute atomic E-state index is 0.266. The van der Waals surface area contributed by atoms with Crippen molar-refractivity contribution >= 4 is 34.9 Å². The van der Waals surface area contributed by atoms with Gasteiger partial charge in [-0.1, -0.05) is 12.1 Å². The van der Waals surface area contributed by atoms with E-state index in [1.54, 1.807) is 24.3 Å². The lowest BCUT2D eigenvalue weighted by Crippen LogP contribution is -2.47. The first-order valence-electron chi connectivity index (χ1n) is 11.3. The summed E-state index contributed by atoms with van der Waals surface area (Å²) >= 11 is 5.56. The average molecular weight is 498 g/mol. The van der Waals surface area contributed by atoms with Crippen LogP contribution in [-0.2, 0) is 9.53 Å². The van der Waals surface area contributed by atoms with Gasteiger partial charge >= 0.3 is 5.97 Å². The van der Waals surface area contributed by atoms with Crippen LogP contribution in [0.1, 0.15) is 49.7 Å². The number of thiocarbonyl (C=S) groups is 1. The molecule has 0 bridgehead atoms. The zero-order chi connectivity index (χ0) is 25.7. The molecule has 2 aromatic rings. The van der Waals surface area contributed by atoms with Gasteiger partial charge in [-0.2, -0.15) is 0 Å². The number of ether oxygens (including phenoxy) is 3. The van der Waals surface area contributed by atoms with Crippen LogP contribution in [0, 0.1) is 0 Å². The number of hydrogen-bond donors (Lipinski definition) is 2. The molecule has 9 heteroatoms. The van der Waals surface area contributed by atoms with E-state index in [1.165, 1.54) is 14.2 Å². The smallest absolute Gasteiger partial charge is 0.338 e. The van der Waals surface area contributed by atoms with Gasteiger partial charge in [0.25, 0.3) is 5.91 Å². The molecule has 2 aromatic carbocycles. The molecule has 1 aliphatic heterocycles. The normalized spacial score (nSPS) is 15.6. The predicted molar refractivity (Wildman–Crippen MR) is 139 cm³/mol. The molecule has 0 fully saturated rings. The third-order valence-corrected chi connectivity index (χ3v) is 5.90. The number of benzene rings is 2. The molecule has 0 aliphatic carbocycles. The number of carbonyl (C=O) groups is 2. The minimum Gasteiger partial charge on any atom is -0.497 e. The van der Waals surface area contributed by atoms with E-state index >= 15 is 0 Å². The van der Waals surface area contributed by atoms with Crippen molar-refractivity contribution in [2.45, 2.75) is 39.8 Å². The highest BCUT2D eigenvalue weighted by molar-refractivity contribution is 7.80. The summed E-state index contributed by atoms with van der Waals surface area (Å²) < 4.78 is 16.1. The number of nitrogens with one attached hydrogen (secondary N) is 2. The zero-order valence-corrected chi connectivity index (χ0v) is 21.6. The second kappa shape index (κ2) is 11.2. The molecule has 0 spiro atoms. The Balaban J connectivity index is 1.94. The van der Waals surface area contributed by atoms with Crippen LogP contribution >= 0.6 is 12.2 Å². The molecule has 0 radical (unpaired) electrons. The Labute approximate surface area is 211 Å². The largest absolute Gasteiger partial charge is 0.497 e. The van der Waals surface area contributed by atoms with Gasteiger partial charge in [0, 0.05) is 29.6 Å². The Hall–Kier alpha value is -3.59. The van der Waals surface area contributed by atoms with Crippen LogP contribution in [0.25, 0.3) is 0 Å². The Morgan fingerprint density at radius 1 is 1.11 bits per heavy atom. The molecule has 1 heterocycles. The summed E-state index contributed by atoms with van der Waals surface area (Å²) in [5.74, 6) is 0.291. The molecule has 1 atom stereocenters. The average Bonchev–Trinajstić information content (AvgIpc) is 2.83. The maximum Gasteiger partial charge on any atom is 0.338 e. The summed E-state index contributed by atoms with van der Waals surface area (Å²) in [7, 11) is 3.05. The molecule has 35 heavy (non-hydrogen) atoms. The van der Waals surface area contributed by atoms with E-state index in [0.29, 0.717) is 40.0 Å². The van der Waals surface area contributed by atoms with Crippen molar-refractivity contribution in [3.8, 4) is 11.5 Å². The number of carbonyl (C=O) groups excluding carboxylic acids is 2. The van der Waals surface area contributed by atoms with Crippen LogP contribution in [0.4, 0.5) is 5.69 Å². The van der Waals surface area contributed by atoms with Crippen molar-refractivity contribution in [3.05, 3.63) is 64.9 Å². The first kappa shape index (κ1) is 26.0. The molecule has 1 aliphatic rings. The van der Waals surface area contributed by atoms with Crippen molar-refractivity contribution in [2.75, 3.05) is 26.1 Å². The first-order valence-corrected chi connectivity index (χ1v) is 11.7. The highest BCUT2D eigenvalue weighted by Crippen LogP contribution is 2.33. The lowest BCUT2D eigenvalue weighted by Gasteiger charge is -2.37. The molecule has 186 valence electrons. The zero-order valence-electron chi connectivity index (χ0n) is 20.8. The van der Waals surface area contributed by atoms with Crippen LogP contribution in [0.2, 0.25) is 0 Å². The number of allylic oxidation sites excluding steroid dienone is 1. The first-order chi connectivity index (χ1) is 16.7. The molecule has 2 N–H and O–H groups in total. The SMILES string of the molecule is CCN1C(=S)NC(c2cccc(NC(=O)c3cc(OC)cc(OC)c3)c2)C(C(=O)OC(C)C)=C1C. The topological polar surface area (TPSA) is 89.1 Å². The Morgan fingerprint density at radius 3 is 2.34 bits per heavy atom. The van der Waals surface area contributed by atoms with Gasteiger partial charge in [-0.05, 0) is 69.7 Å². The lowest BCUT2D eigenvalue weighted by molar-refractivity contribution is -0.143. The summed E-state index contributed by atoms with van der Waals surface area (Å²) in [5.41, 5.74) is 2.94. The fraction of sp³-hybridized carbons (Fsp3) is 0.346. The van der Waals surface area contributed by atoms with E-state index in [2.05, 4.69) is 10.6 Å². The minimum atomic E-state index is -0.523. The van der Waals surface area contributed by atoms with Gasteiger partial charge < -0.3 is 29.7 Å². The molecule has 0 saturated heterocycles. The number of amides is 1. The molecule has 3 rings (SSSR count). The van der Waals surface area contributed by atoms with Crippen molar-refractivity contribution in [2.24, 2.45) is 0 Å². The summed E-state index contributed by atoms with van der Waals surface area (Å²) in [5, 5.41) is 6.69. The summed E-state index contributed by atoms with van der Waals surface area (Å²) in [6.07, 6.45) is -0.266. The van der Waals surface area contributed by atoms with Crippen LogP contribution in [0.5, 0.6) is 11.5 Å². The van der Waals surface area contributed by atoms with Crippen molar-refractivity contribution in [1.82, 2.24) is 10.2 Å². The van der Waals surface area contributed by atoms with Crippen molar-refractivity contribution in [3.63, 3.8) is 0 Å². The molecule has 0 saturated carbocycles. The Morgan fingerprint density at radius 2 is 1.77 bits per heavy atom.